The zero-order chi connectivity index (χ0) is 19.8. The van der Waals surface area contributed by atoms with E-state index in [2.05, 4.69) is 57.2 Å². The van der Waals surface area contributed by atoms with Gasteiger partial charge in [0.25, 0.3) is 0 Å². The summed E-state index contributed by atoms with van der Waals surface area (Å²) in [6.07, 6.45) is 4.79. The highest BCUT2D eigenvalue weighted by Crippen LogP contribution is 2.55. The predicted octanol–water partition coefficient (Wildman–Crippen LogP) is 4.58. The standard InChI is InChI=1S/C23H24N4/c1-22(2,3)16-10-8-15(9-11-16)20-18-7-5-4-6-17(18)19(12-24)21(27)23(20,13-25)14-26/h6,8-11,18,20H,4-5,7,27H2,1-3H3/t18-,20+/m0/s1. The molecule has 1 aromatic rings. The minimum absolute atomic E-state index is 0.0233. The van der Waals surface area contributed by atoms with Gasteiger partial charge in [-0.15, -0.1) is 0 Å². The molecule has 0 amide bonds. The van der Waals surface area contributed by atoms with Crippen LogP contribution in [0.3, 0.4) is 0 Å². The third-order valence-electron chi connectivity index (χ3n) is 5.94. The van der Waals surface area contributed by atoms with Gasteiger partial charge in [-0.1, -0.05) is 51.1 Å². The Bertz CT molecular complexity index is 923. The lowest BCUT2D eigenvalue weighted by Gasteiger charge is -2.43. The fourth-order valence-electron chi connectivity index (χ4n) is 4.44. The number of benzene rings is 1. The molecule has 2 atom stereocenters. The number of nitrogens with two attached hydrogens (primary N) is 1. The van der Waals surface area contributed by atoms with E-state index < -0.39 is 5.41 Å². The summed E-state index contributed by atoms with van der Waals surface area (Å²) in [6.45, 7) is 6.46. The molecule has 0 bridgehead atoms. The molecule has 2 aliphatic carbocycles. The van der Waals surface area contributed by atoms with Crippen molar-refractivity contribution >= 4 is 0 Å². The van der Waals surface area contributed by atoms with Crippen molar-refractivity contribution < 1.29 is 0 Å². The molecule has 0 fully saturated rings. The second kappa shape index (κ2) is 6.61. The quantitative estimate of drug-likeness (QED) is 0.796. The fourth-order valence-corrected chi connectivity index (χ4v) is 4.44. The Balaban J connectivity index is 2.24. The number of rotatable bonds is 1. The van der Waals surface area contributed by atoms with E-state index >= 15 is 0 Å². The Morgan fingerprint density at radius 1 is 1.07 bits per heavy atom. The molecule has 0 radical (unpaired) electrons. The molecule has 136 valence electrons. The largest absolute Gasteiger partial charge is 0.399 e. The van der Waals surface area contributed by atoms with Gasteiger partial charge >= 0.3 is 0 Å². The summed E-state index contributed by atoms with van der Waals surface area (Å²) in [6, 6.07) is 14.7. The Hall–Kier alpha value is -3.03. The number of fused-ring (bicyclic) bond motifs is 1. The molecule has 2 N–H and O–H groups in total. The van der Waals surface area contributed by atoms with Crippen LogP contribution in [-0.4, -0.2) is 0 Å². The average Bonchev–Trinajstić information content (AvgIpc) is 2.66. The van der Waals surface area contributed by atoms with Gasteiger partial charge in [0.2, 0.25) is 0 Å². The molecule has 2 aliphatic rings. The normalized spacial score (nSPS) is 24.1. The lowest BCUT2D eigenvalue weighted by atomic mass is 9.56. The second-order valence-electron chi connectivity index (χ2n) is 8.48. The van der Waals surface area contributed by atoms with Crippen LogP contribution in [0.1, 0.15) is 57.1 Å². The van der Waals surface area contributed by atoms with Crippen LogP contribution in [0.2, 0.25) is 0 Å². The lowest BCUT2D eigenvalue weighted by molar-refractivity contribution is 0.317. The molecule has 0 saturated heterocycles. The van der Waals surface area contributed by atoms with Crippen molar-refractivity contribution in [1.82, 2.24) is 0 Å². The van der Waals surface area contributed by atoms with Crippen LogP contribution in [0.15, 0.2) is 47.2 Å². The molecule has 0 saturated carbocycles. The SMILES string of the molecule is CC(C)(C)c1ccc([C@@H]2[C@H]3CCCC=C3C(C#N)=C(N)C2(C#N)C#N)cc1. The Labute approximate surface area is 161 Å². The van der Waals surface area contributed by atoms with E-state index in [9.17, 15) is 15.8 Å². The third kappa shape index (κ3) is 2.81. The molecule has 1 aromatic carbocycles. The van der Waals surface area contributed by atoms with E-state index in [1.807, 2.05) is 12.1 Å². The van der Waals surface area contributed by atoms with Gasteiger partial charge in [-0.2, -0.15) is 15.8 Å². The van der Waals surface area contributed by atoms with E-state index in [1.54, 1.807) is 0 Å². The van der Waals surface area contributed by atoms with E-state index in [4.69, 9.17) is 5.73 Å². The zero-order valence-corrected chi connectivity index (χ0v) is 16.1. The molecule has 0 aromatic heterocycles. The first-order valence-electron chi connectivity index (χ1n) is 9.34. The molecular formula is C23H24N4. The summed E-state index contributed by atoms with van der Waals surface area (Å²) in [7, 11) is 0. The summed E-state index contributed by atoms with van der Waals surface area (Å²) in [5.74, 6) is -0.411. The van der Waals surface area contributed by atoms with Crippen molar-refractivity contribution in [2.75, 3.05) is 0 Å². The third-order valence-corrected chi connectivity index (χ3v) is 5.94. The summed E-state index contributed by atoms with van der Waals surface area (Å²) < 4.78 is 0. The van der Waals surface area contributed by atoms with E-state index in [0.717, 1.165) is 30.4 Å². The lowest BCUT2D eigenvalue weighted by Crippen LogP contribution is -2.42. The maximum Gasteiger partial charge on any atom is 0.191 e. The fraction of sp³-hybridized carbons (Fsp3) is 0.435. The highest BCUT2D eigenvalue weighted by Gasteiger charge is 2.53. The Morgan fingerprint density at radius 2 is 1.70 bits per heavy atom. The van der Waals surface area contributed by atoms with Crippen LogP contribution >= 0.6 is 0 Å². The van der Waals surface area contributed by atoms with Gasteiger partial charge in [0.1, 0.15) is 6.07 Å². The van der Waals surface area contributed by atoms with Gasteiger partial charge < -0.3 is 5.73 Å². The van der Waals surface area contributed by atoms with Crippen molar-refractivity contribution in [3.8, 4) is 18.2 Å². The molecular weight excluding hydrogens is 332 g/mol. The van der Waals surface area contributed by atoms with Crippen molar-refractivity contribution in [3.05, 3.63) is 58.3 Å². The van der Waals surface area contributed by atoms with E-state index in [-0.39, 0.29) is 22.9 Å². The monoisotopic (exact) mass is 356 g/mol. The van der Waals surface area contributed by atoms with Gasteiger partial charge in [-0.05, 0) is 47.3 Å². The average molecular weight is 356 g/mol. The second-order valence-corrected chi connectivity index (χ2v) is 8.48. The first-order valence-corrected chi connectivity index (χ1v) is 9.34. The van der Waals surface area contributed by atoms with E-state index in [1.165, 1.54) is 5.56 Å². The van der Waals surface area contributed by atoms with Gasteiger partial charge in [0.05, 0.1) is 23.4 Å². The number of hydrogen-bond acceptors (Lipinski definition) is 4. The Kier molecular flexibility index (Phi) is 4.59. The van der Waals surface area contributed by atoms with Gasteiger partial charge in [-0.3, -0.25) is 0 Å². The predicted molar refractivity (Wildman–Crippen MR) is 104 cm³/mol. The van der Waals surface area contributed by atoms with Crippen molar-refractivity contribution in [1.29, 1.82) is 15.8 Å². The molecule has 3 rings (SSSR count). The zero-order valence-electron chi connectivity index (χ0n) is 16.1. The van der Waals surface area contributed by atoms with Gasteiger partial charge in [0.15, 0.2) is 5.41 Å². The first-order chi connectivity index (χ1) is 12.8. The summed E-state index contributed by atoms with van der Waals surface area (Å²) >= 11 is 0. The molecule has 0 unspecified atom stereocenters. The van der Waals surface area contributed by atoms with Crippen LogP contribution in [0.5, 0.6) is 0 Å². The molecule has 27 heavy (non-hydrogen) atoms. The Morgan fingerprint density at radius 3 is 2.22 bits per heavy atom. The maximum atomic E-state index is 10.0. The highest BCUT2D eigenvalue weighted by atomic mass is 14.7. The van der Waals surface area contributed by atoms with Crippen LogP contribution in [-0.2, 0) is 5.41 Å². The molecule has 0 spiro atoms. The number of hydrogen-bond donors (Lipinski definition) is 1. The molecule has 0 aliphatic heterocycles. The van der Waals surface area contributed by atoms with E-state index in [0.29, 0.717) is 5.57 Å². The maximum absolute atomic E-state index is 10.0. The van der Waals surface area contributed by atoms with Crippen molar-refractivity contribution in [2.24, 2.45) is 17.1 Å². The number of allylic oxidation sites excluding steroid dienone is 4. The van der Waals surface area contributed by atoms with Crippen molar-refractivity contribution in [2.45, 2.75) is 51.4 Å². The van der Waals surface area contributed by atoms with Crippen LogP contribution in [0.4, 0.5) is 0 Å². The summed E-state index contributed by atoms with van der Waals surface area (Å²) in [5.41, 5.74) is 8.26. The first kappa shape index (κ1) is 18.8. The van der Waals surface area contributed by atoms with Crippen LogP contribution in [0, 0.1) is 45.3 Å². The summed E-state index contributed by atoms with van der Waals surface area (Å²) in [5, 5.41) is 29.7. The molecule has 0 heterocycles. The topological polar surface area (TPSA) is 97.4 Å². The smallest absolute Gasteiger partial charge is 0.191 e. The summed E-state index contributed by atoms with van der Waals surface area (Å²) in [4.78, 5) is 0. The van der Waals surface area contributed by atoms with Gasteiger partial charge in [-0.25, -0.2) is 0 Å². The highest BCUT2D eigenvalue weighted by molar-refractivity contribution is 5.59. The molecule has 4 nitrogen and oxygen atoms in total. The molecule has 4 heteroatoms. The minimum Gasteiger partial charge on any atom is -0.399 e. The number of nitriles is 3. The minimum atomic E-state index is -1.52. The number of nitrogens with zero attached hydrogens (tertiary/aromatic N) is 3. The van der Waals surface area contributed by atoms with Gasteiger partial charge in [0, 0.05) is 5.92 Å². The van der Waals surface area contributed by atoms with Crippen molar-refractivity contribution in [3.63, 3.8) is 0 Å². The van der Waals surface area contributed by atoms with Crippen LogP contribution in [0.25, 0.3) is 0 Å². The van der Waals surface area contributed by atoms with Crippen LogP contribution < -0.4 is 5.73 Å².